The van der Waals surface area contributed by atoms with Gasteiger partial charge in [-0.1, -0.05) is 38.1 Å². The molecule has 1 aliphatic heterocycles. The highest BCUT2D eigenvalue weighted by Crippen LogP contribution is 2.27. The van der Waals surface area contributed by atoms with Crippen molar-refractivity contribution in [2.45, 2.75) is 45.1 Å². The SMILES string of the molecule is Cc1c(NC(=O)C(C)OC(=O)c2cccc(S(=O)(=O)N3CC(C)CC(C)C3)c2)c(=O)n(-c2ccccc2)n1C. The lowest BCUT2D eigenvalue weighted by molar-refractivity contribution is -0.123. The van der Waals surface area contributed by atoms with Crippen molar-refractivity contribution in [1.82, 2.24) is 13.7 Å². The average molecular weight is 555 g/mol. The van der Waals surface area contributed by atoms with Gasteiger partial charge in [-0.05, 0) is 62.4 Å². The molecule has 1 saturated heterocycles. The Morgan fingerprint density at radius 2 is 1.67 bits per heavy atom. The predicted molar refractivity (Wildman–Crippen MR) is 147 cm³/mol. The maximum atomic E-state index is 13.3. The summed E-state index contributed by atoms with van der Waals surface area (Å²) in [5.41, 5.74) is 0.821. The minimum absolute atomic E-state index is 0.00303. The van der Waals surface area contributed by atoms with Gasteiger partial charge in [-0.15, -0.1) is 0 Å². The molecule has 0 radical (unpaired) electrons. The normalized spacial score (nSPS) is 18.9. The van der Waals surface area contributed by atoms with Crippen LogP contribution in [0.4, 0.5) is 5.69 Å². The number of nitrogens with zero attached hydrogens (tertiary/aromatic N) is 3. The Labute approximate surface area is 228 Å². The van der Waals surface area contributed by atoms with Gasteiger partial charge in [0, 0.05) is 20.1 Å². The summed E-state index contributed by atoms with van der Waals surface area (Å²) < 4.78 is 36.4. The second-order valence-electron chi connectivity index (χ2n) is 10.3. The molecule has 0 spiro atoms. The molecule has 2 heterocycles. The Kier molecular flexibility index (Phi) is 8.12. The summed E-state index contributed by atoms with van der Waals surface area (Å²) in [6.07, 6.45) is -0.285. The molecule has 39 heavy (non-hydrogen) atoms. The van der Waals surface area contributed by atoms with Crippen molar-refractivity contribution in [3.8, 4) is 5.69 Å². The second-order valence-corrected chi connectivity index (χ2v) is 12.2. The van der Waals surface area contributed by atoms with Gasteiger partial charge in [0.2, 0.25) is 10.0 Å². The first-order valence-electron chi connectivity index (χ1n) is 12.9. The zero-order valence-electron chi connectivity index (χ0n) is 22.7. The Balaban J connectivity index is 1.48. The zero-order valence-corrected chi connectivity index (χ0v) is 23.6. The van der Waals surface area contributed by atoms with E-state index in [1.54, 1.807) is 42.9 Å². The molecule has 1 aromatic heterocycles. The van der Waals surface area contributed by atoms with E-state index in [1.165, 1.54) is 40.2 Å². The van der Waals surface area contributed by atoms with Crippen molar-refractivity contribution < 1.29 is 22.7 Å². The van der Waals surface area contributed by atoms with E-state index in [2.05, 4.69) is 5.32 Å². The van der Waals surface area contributed by atoms with E-state index < -0.39 is 33.6 Å². The van der Waals surface area contributed by atoms with Crippen LogP contribution in [0.3, 0.4) is 0 Å². The number of hydrogen-bond acceptors (Lipinski definition) is 6. The number of nitrogens with one attached hydrogen (secondary N) is 1. The minimum atomic E-state index is -3.80. The van der Waals surface area contributed by atoms with E-state index in [4.69, 9.17) is 4.74 Å². The smallest absolute Gasteiger partial charge is 0.338 e. The molecular weight excluding hydrogens is 520 g/mol. The van der Waals surface area contributed by atoms with Crippen LogP contribution in [0.15, 0.2) is 64.3 Å². The fourth-order valence-electron chi connectivity index (χ4n) is 4.95. The van der Waals surface area contributed by atoms with E-state index >= 15 is 0 Å². The number of anilines is 1. The van der Waals surface area contributed by atoms with Crippen LogP contribution < -0.4 is 10.9 Å². The lowest BCUT2D eigenvalue weighted by atomic mass is 9.94. The van der Waals surface area contributed by atoms with Crippen LogP contribution >= 0.6 is 0 Å². The summed E-state index contributed by atoms with van der Waals surface area (Å²) in [6, 6.07) is 14.6. The predicted octanol–water partition coefficient (Wildman–Crippen LogP) is 3.34. The van der Waals surface area contributed by atoms with E-state index in [0.717, 1.165) is 6.42 Å². The summed E-state index contributed by atoms with van der Waals surface area (Å²) in [6.45, 7) is 7.96. The number of rotatable bonds is 7. The maximum Gasteiger partial charge on any atom is 0.338 e. The Morgan fingerprint density at radius 3 is 2.31 bits per heavy atom. The van der Waals surface area contributed by atoms with Gasteiger partial charge >= 0.3 is 5.97 Å². The topological polar surface area (TPSA) is 120 Å². The minimum Gasteiger partial charge on any atom is -0.449 e. The van der Waals surface area contributed by atoms with Gasteiger partial charge in [0.25, 0.3) is 11.5 Å². The number of benzene rings is 2. The Bertz CT molecular complexity index is 1530. The molecule has 0 saturated carbocycles. The van der Waals surface area contributed by atoms with Crippen LogP contribution in [-0.2, 0) is 26.6 Å². The van der Waals surface area contributed by atoms with Gasteiger partial charge in [0.05, 0.1) is 21.8 Å². The number of carbonyl (C=O) groups is 2. The van der Waals surface area contributed by atoms with Crippen molar-refractivity contribution in [2.24, 2.45) is 18.9 Å². The highest BCUT2D eigenvalue weighted by atomic mass is 32.2. The highest BCUT2D eigenvalue weighted by Gasteiger charge is 2.32. The number of sulfonamides is 1. The summed E-state index contributed by atoms with van der Waals surface area (Å²) in [5.74, 6) is -1.06. The fraction of sp³-hybridized carbons (Fsp3) is 0.393. The number of para-hydroxylation sites is 1. The van der Waals surface area contributed by atoms with Crippen LogP contribution in [0.1, 0.15) is 43.2 Å². The monoisotopic (exact) mass is 554 g/mol. The zero-order chi connectivity index (χ0) is 28.5. The lowest BCUT2D eigenvalue weighted by Gasteiger charge is -2.34. The lowest BCUT2D eigenvalue weighted by Crippen LogP contribution is -2.42. The van der Waals surface area contributed by atoms with E-state index in [-0.39, 0.29) is 28.0 Å². The molecule has 3 aromatic rings. The number of esters is 1. The molecule has 1 amide bonds. The van der Waals surface area contributed by atoms with Gasteiger partial charge in [-0.2, -0.15) is 4.31 Å². The maximum absolute atomic E-state index is 13.3. The third-order valence-corrected chi connectivity index (χ3v) is 8.83. The van der Waals surface area contributed by atoms with Crippen LogP contribution in [0.2, 0.25) is 0 Å². The van der Waals surface area contributed by atoms with Crippen molar-refractivity contribution in [1.29, 1.82) is 0 Å². The molecule has 0 aliphatic carbocycles. The molecule has 0 bridgehead atoms. The molecule has 3 unspecified atom stereocenters. The average Bonchev–Trinajstić information content (AvgIpc) is 3.11. The molecule has 1 aliphatic rings. The standard InChI is InChI=1S/C28H34N4O6S/c1-18-14-19(2)17-31(16-18)39(36,37)24-13-9-10-22(15-24)28(35)38-21(4)26(33)29-25-20(3)30(5)32(27(25)34)23-11-7-6-8-12-23/h6-13,15,18-19,21H,14,16-17H2,1-5H3,(H,29,33). The summed E-state index contributed by atoms with van der Waals surface area (Å²) in [5, 5.41) is 2.58. The Morgan fingerprint density at radius 1 is 1.03 bits per heavy atom. The van der Waals surface area contributed by atoms with Gasteiger partial charge in [-0.3, -0.25) is 14.3 Å². The number of hydrogen-bond donors (Lipinski definition) is 1. The molecule has 208 valence electrons. The third-order valence-electron chi connectivity index (χ3n) is 7.00. The largest absolute Gasteiger partial charge is 0.449 e. The first kappa shape index (κ1) is 28.3. The van der Waals surface area contributed by atoms with Crippen LogP contribution in [0, 0.1) is 18.8 Å². The van der Waals surface area contributed by atoms with Gasteiger partial charge in [0.1, 0.15) is 5.69 Å². The summed E-state index contributed by atoms with van der Waals surface area (Å²) in [7, 11) is -2.09. The molecule has 4 rings (SSSR count). The molecule has 1 fully saturated rings. The number of piperidine rings is 1. The number of carbonyl (C=O) groups excluding carboxylic acids is 2. The first-order valence-corrected chi connectivity index (χ1v) is 14.3. The van der Waals surface area contributed by atoms with Crippen LogP contribution in [0.25, 0.3) is 5.69 Å². The van der Waals surface area contributed by atoms with Crippen molar-refractivity contribution >= 4 is 27.6 Å². The Hall–Kier alpha value is -3.70. The van der Waals surface area contributed by atoms with Crippen LogP contribution in [0.5, 0.6) is 0 Å². The summed E-state index contributed by atoms with van der Waals surface area (Å²) >= 11 is 0. The van der Waals surface area contributed by atoms with Gasteiger partial charge < -0.3 is 10.1 Å². The van der Waals surface area contributed by atoms with Gasteiger partial charge in [-0.25, -0.2) is 17.9 Å². The highest BCUT2D eigenvalue weighted by molar-refractivity contribution is 7.89. The van der Waals surface area contributed by atoms with Crippen LogP contribution in [-0.4, -0.2) is 53.2 Å². The molecule has 10 nitrogen and oxygen atoms in total. The summed E-state index contributed by atoms with van der Waals surface area (Å²) in [4.78, 5) is 38.8. The van der Waals surface area contributed by atoms with Crippen molar-refractivity contribution in [3.63, 3.8) is 0 Å². The van der Waals surface area contributed by atoms with E-state index in [9.17, 15) is 22.8 Å². The molecule has 3 atom stereocenters. The first-order chi connectivity index (χ1) is 18.4. The third kappa shape index (κ3) is 5.84. The number of ether oxygens (including phenoxy) is 1. The molecule has 11 heteroatoms. The van der Waals surface area contributed by atoms with Crippen molar-refractivity contribution in [3.05, 3.63) is 76.2 Å². The molecular formula is C28H34N4O6S. The number of amides is 1. The van der Waals surface area contributed by atoms with E-state index in [0.29, 0.717) is 24.5 Å². The van der Waals surface area contributed by atoms with Crippen molar-refractivity contribution in [2.75, 3.05) is 18.4 Å². The number of aromatic nitrogens is 2. The second kappa shape index (κ2) is 11.2. The molecule has 1 N–H and O–H groups in total. The molecule has 2 aromatic carbocycles. The van der Waals surface area contributed by atoms with E-state index in [1.807, 2.05) is 19.9 Å². The fourth-order valence-corrected chi connectivity index (χ4v) is 6.68. The van der Waals surface area contributed by atoms with Gasteiger partial charge in [0.15, 0.2) is 6.10 Å². The quantitative estimate of drug-likeness (QED) is 0.448.